The standard InChI is InChI=1S/C44H48F2N8O4/c1-7-28-21-53(22-29(8-2)54(28)41(56)43(5,23-48)15-16-47)39-35-38(50-42(51-39)58-25-44(13-14-44)24-52-17-12-26(4)20-52)36(46)37(49-40(35)57-6)32-19-30(55)18-27-10-11-33(45)31(9-3)34(27)32/h3,10-11,18-19,26,28-29,55H,7-8,12-15,17,20-22,24-25H2,1-2,4-6H3. The van der Waals surface area contributed by atoms with E-state index < -0.39 is 35.0 Å². The highest BCUT2D eigenvalue weighted by molar-refractivity contribution is 6.04. The van der Waals surface area contributed by atoms with Crippen molar-refractivity contribution in [2.75, 3.05) is 51.3 Å². The van der Waals surface area contributed by atoms with Crippen LogP contribution in [-0.2, 0) is 4.79 Å². The number of phenols is 1. The zero-order valence-corrected chi connectivity index (χ0v) is 33.6. The number of nitriles is 2. The highest BCUT2D eigenvalue weighted by Gasteiger charge is 2.47. The zero-order valence-electron chi connectivity index (χ0n) is 33.6. The molecule has 1 amide bonds. The summed E-state index contributed by atoms with van der Waals surface area (Å²) in [7, 11) is 1.39. The number of methoxy groups -OCH3 is 1. The Bertz CT molecular complexity index is 2390. The molecule has 302 valence electrons. The van der Waals surface area contributed by atoms with E-state index >= 15 is 8.78 Å². The molecule has 14 heteroatoms. The molecule has 1 aliphatic carbocycles. The molecule has 4 heterocycles. The molecule has 58 heavy (non-hydrogen) atoms. The van der Waals surface area contributed by atoms with E-state index in [-0.39, 0.29) is 81.5 Å². The van der Waals surface area contributed by atoms with Crippen LogP contribution in [0.2, 0.25) is 0 Å². The second-order valence-corrected chi connectivity index (χ2v) is 16.4. The number of anilines is 1. The summed E-state index contributed by atoms with van der Waals surface area (Å²) < 4.78 is 44.9. The van der Waals surface area contributed by atoms with Gasteiger partial charge in [0.1, 0.15) is 39.4 Å². The minimum absolute atomic E-state index is 0.0319. The summed E-state index contributed by atoms with van der Waals surface area (Å²) in [5.41, 5.74) is -2.12. The molecule has 4 atom stereocenters. The number of rotatable bonds is 12. The van der Waals surface area contributed by atoms with Gasteiger partial charge >= 0.3 is 6.01 Å². The molecule has 0 bridgehead atoms. The number of hydrogen-bond acceptors (Lipinski definition) is 11. The number of nitrogens with zero attached hydrogens (tertiary/aromatic N) is 8. The summed E-state index contributed by atoms with van der Waals surface area (Å²) in [6, 6.07) is 8.56. The van der Waals surface area contributed by atoms with Crippen molar-refractivity contribution >= 4 is 33.4 Å². The van der Waals surface area contributed by atoms with Gasteiger partial charge in [0, 0.05) is 54.6 Å². The number of likely N-dealkylation sites (tertiary alicyclic amines) is 1. The number of aromatic nitrogens is 3. The van der Waals surface area contributed by atoms with Crippen molar-refractivity contribution in [1.29, 1.82) is 10.5 Å². The Kier molecular flexibility index (Phi) is 11.1. The van der Waals surface area contributed by atoms with E-state index in [1.807, 2.05) is 24.8 Å². The van der Waals surface area contributed by atoms with Gasteiger partial charge in [0.25, 0.3) is 0 Å². The number of fused-ring (bicyclic) bond motifs is 2. The van der Waals surface area contributed by atoms with E-state index in [1.54, 1.807) is 4.90 Å². The average molecular weight is 791 g/mol. The van der Waals surface area contributed by atoms with Crippen molar-refractivity contribution in [3.8, 4) is 53.4 Å². The maximum Gasteiger partial charge on any atom is 0.319 e. The van der Waals surface area contributed by atoms with Gasteiger partial charge in [-0.15, -0.1) is 6.42 Å². The number of benzene rings is 2. The van der Waals surface area contributed by atoms with Gasteiger partial charge in [-0.3, -0.25) is 4.79 Å². The van der Waals surface area contributed by atoms with Crippen LogP contribution in [0.1, 0.15) is 71.8 Å². The summed E-state index contributed by atoms with van der Waals surface area (Å²) in [6.45, 7) is 11.4. The van der Waals surface area contributed by atoms with Gasteiger partial charge in [-0.05, 0) is 75.1 Å². The molecule has 0 spiro atoms. The minimum atomic E-state index is -1.53. The lowest BCUT2D eigenvalue weighted by atomic mass is 9.85. The third kappa shape index (κ3) is 7.29. The van der Waals surface area contributed by atoms with Crippen LogP contribution in [-0.4, -0.2) is 94.3 Å². The topological polar surface area (TPSA) is 152 Å². The van der Waals surface area contributed by atoms with Crippen molar-refractivity contribution < 1.29 is 28.2 Å². The Balaban J connectivity index is 1.38. The van der Waals surface area contributed by atoms with Crippen LogP contribution >= 0.6 is 0 Å². The largest absolute Gasteiger partial charge is 0.508 e. The fraction of sp³-hybridized carbons (Fsp3) is 0.500. The highest BCUT2D eigenvalue weighted by Crippen LogP contribution is 2.48. The van der Waals surface area contributed by atoms with Crippen molar-refractivity contribution in [1.82, 2.24) is 24.8 Å². The first kappa shape index (κ1) is 40.4. The molecule has 2 aromatic heterocycles. The quantitative estimate of drug-likeness (QED) is 0.148. The fourth-order valence-electron chi connectivity index (χ4n) is 8.68. The molecule has 7 rings (SSSR count). The smallest absolute Gasteiger partial charge is 0.319 e. The summed E-state index contributed by atoms with van der Waals surface area (Å²) in [5, 5.41) is 31.0. The number of piperazine rings is 1. The Hall–Kier alpha value is -5.78. The van der Waals surface area contributed by atoms with Crippen LogP contribution in [0.15, 0.2) is 24.3 Å². The second kappa shape index (κ2) is 15.9. The van der Waals surface area contributed by atoms with E-state index in [9.17, 15) is 20.4 Å². The Morgan fingerprint density at radius 1 is 1.09 bits per heavy atom. The monoisotopic (exact) mass is 790 g/mol. The molecule has 2 aromatic carbocycles. The van der Waals surface area contributed by atoms with Gasteiger partial charge in [-0.2, -0.15) is 20.5 Å². The normalized spacial score (nSPS) is 21.3. The maximum atomic E-state index is 17.5. The lowest BCUT2D eigenvalue weighted by Gasteiger charge is -2.48. The molecule has 4 unspecified atom stereocenters. The van der Waals surface area contributed by atoms with Crippen molar-refractivity contribution in [2.24, 2.45) is 16.7 Å². The molecule has 3 fully saturated rings. The molecule has 12 nitrogen and oxygen atoms in total. The molecule has 3 aliphatic rings. The predicted octanol–water partition coefficient (Wildman–Crippen LogP) is 6.97. The lowest BCUT2D eigenvalue weighted by molar-refractivity contribution is -0.144. The molecular formula is C44H48F2N8O4. The average Bonchev–Trinajstić information content (AvgIpc) is 3.87. The maximum absolute atomic E-state index is 17.5. The van der Waals surface area contributed by atoms with Gasteiger partial charge < -0.3 is 29.3 Å². The summed E-state index contributed by atoms with van der Waals surface area (Å²) in [6.07, 6.45) is 9.66. The third-order valence-corrected chi connectivity index (χ3v) is 12.2. The number of pyridine rings is 1. The van der Waals surface area contributed by atoms with E-state index in [4.69, 9.17) is 20.9 Å². The number of carbonyl (C=O) groups is 1. The van der Waals surface area contributed by atoms with Gasteiger partial charge in [0.05, 0.1) is 37.8 Å². The molecule has 1 saturated carbocycles. The SMILES string of the molecule is C#Cc1c(F)ccc2cc(O)cc(-c3nc(OC)c4c(N5CC(CC)N(C(=O)C(C)(C#N)CC#N)C(CC)C5)nc(OCC5(CN6CCC(C)C6)CC5)nc4c3F)c12. The van der Waals surface area contributed by atoms with Crippen LogP contribution in [0, 0.1) is 63.4 Å². The van der Waals surface area contributed by atoms with E-state index in [0.29, 0.717) is 30.8 Å². The van der Waals surface area contributed by atoms with Crippen LogP contribution in [0.4, 0.5) is 14.6 Å². The van der Waals surface area contributed by atoms with Crippen LogP contribution in [0.3, 0.4) is 0 Å². The molecular weight excluding hydrogens is 743 g/mol. The summed E-state index contributed by atoms with van der Waals surface area (Å²) in [4.78, 5) is 34.5. The number of aromatic hydroxyl groups is 1. The van der Waals surface area contributed by atoms with Gasteiger partial charge in [-0.1, -0.05) is 32.8 Å². The van der Waals surface area contributed by atoms with E-state index in [2.05, 4.69) is 33.8 Å². The first-order valence-electron chi connectivity index (χ1n) is 19.9. The van der Waals surface area contributed by atoms with Gasteiger partial charge in [-0.25, -0.2) is 13.8 Å². The first-order valence-corrected chi connectivity index (χ1v) is 19.9. The number of hydrogen-bond donors (Lipinski definition) is 1. The summed E-state index contributed by atoms with van der Waals surface area (Å²) in [5.74, 6) is 1.06. The fourth-order valence-corrected chi connectivity index (χ4v) is 8.68. The molecule has 2 saturated heterocycles. The number of amides is 1. The third-order valence-electron chi connectivity index (χ3n) is 12.2. The highest BCUT2D eigenvalue weighted by atomic mass is 19.1. The number of ether oxygens (including phenoxy) is 2. The van der Waals surface area contributed by atoms with Crippen molar-refractivity contribution in [2.45, 2.75) is 78.3 Å². The van der Waals surface area contributed by atoms with E-state index in [0.717, 1.165) is 38.9 Å². The summed E-state index contributed by atoms with van der Waals surface area (Å²) >= 11 is 0. The zero-order chi connectivity index (χ0) is 41.5. The van der Waals surface area contributed by atoms with Crippen LogP contribution in [0.25, 0.3) is 32.9 Å². The van der Waals surface area contributed by atoms with Crippen molar-refractivity contribution in [3.05, 3.63) is 41.5 Å². The Labute approximate surface area is 337 Å². The molecule has 1 N–H and O–H groups in total. The number of phenolic OH excluding ortho intramolecular Hbond substituents is 1. The lowest BCUT2D eigenvalue weighted by Crippen LogP contribution is -2.63. The van der Waals surface area contributed by atoms with Gasteiger partial charge in [0.2, 0.25) is 11.8 Å². The van der Waals surface area contributed by atoms with Gasteiger partial charge in [0.15, 0.2) is 5.82 Å². The Morgan fingerprint density at radius 2 is 1.81 bits per heavy atom. The van der Waals surface area contributed by atoms with E-state index in [1.165, 1.54) is 38.3 Å². The van der Waals surface area contributed by atoms with Crippen LogP contribution < -0.4 is 14.4 Å². The molecule has 0 radical (unpaired) electrons. The first-order chi connectivity index (χ1) is 27.8. The number of carbonyl (C=O) groups excluding carboxylic acids is 1. The van der Waals surface area contributed by atoms with Crippen LogP contribution in [0.5, 0.6) is 17.6 Å². The Morgan fingerprint density at radius 3 is 2.40 bits per heavy atom. The minimum Gasteiger partial charge on any atom is -0.508 e. The predicted molar refractivity (Wildman–Crippen MR) is 215 cm³/mol. The molecule has 4 aromatic rings. The molecule has 2 aliphatic heterocycles. The van der Waals surface area contributed by atoms with Crippen molar-refractivity contribution in [3.63, 3.8) is 0 Å². The second-order valence-electron chi connectivity index (χ2n) is 16.4. The number of halogens is 2. The number of terminal acetylenes is 1.